The van der Waals surface area contributed by atoms with Gasteiger partial charge in [0.05, 0.1) is 0 Å². The van der Waals surface area contributed by atoms with Crippen LogP contribution in [0.5, 0.6) is 0 Å². The summed E-state index contributed by atoms with van der Waals surface area (Å²) in [5.41, 5.74) is 0. The molecule has 0 spiro atoms. The van der Waals surface area contributed by atoms with Gasteiger partial charge in [0, 0.05) is 14.1 Å². The van der Waals surface area contributed by atoms with Crippen LogP contribution in [0.1, 0.15) is 0 Å². The van der Waals surface area contributed by atoms with Crippen molar-refractivity contribution in [3.63, 3.8) is 0 Å². The van der Waals surface area contributed by atoms with Crippen LogP contribution in [-0.2, 0) is 0 Å². The number of thiocarbonyl (C=S) groups is 1. The summed E-state index contributed by atoms with van der Waals surface area (Å²) >= 11 is 8.46. The molecule has 0 heterocycles. The quantitative estimate of drug-likeness (QED) is 0.372. The number of thiol groups is 1. The van der Waals surface area contributed by atoms with Gasteiger partial charge in [-0.2, -0.15) is 0 Å². The highest BCUT2D eigenvalue weighted by Crippen LogP contribution is 1.84. The predicted molar refractivity (Wildman–Crippen MR) is 35.3 cm³/mol. The van der Waals surface area contributed by atoms with E-state index in [-0.39, 0.29) is 0 Å². The van der Waals surface area contributed by atoms with Crippen LogP contribution < -0.4 is 0 Å². The molecule has 0 aromatic carbocycles. The molecule has 36 valence electrons. The highest BCUT2D eigenvalue weighted by atomic mass is 32.1. The zero-order chi connectivity index (χ0) is 5.15. The molecule has 0 aliphatic heterocycles. The number of rotatable bonds is 0. The van der Waals surface area contributed by atoms with Crippen molar-refractivity contribution in [3.05, 3.63) is 0 Å². The maximum absolute atomic E-state index is 4.61. The summed E-state index contributed by atoms with van der Waals surface area (Å²) < 4.78 is 0.620. The van der Waals surface area contributed by atoms with E-state index >= 15 is 0 Å². The first kappa shape index (κ1) is 6.24. The van der Waals surface area contributed by atoms with Gasteiger partial charge in [0.25, 0.3) is 0 Å². The number of nitrogens with zero attached hydrogens (tertiary/aromatic N) is 1. The van der Waals surface area contributed by atoms with Crippen LogP contribution >= 0.6 is 24.8 Å². The van der Waals surface area contributed by atoms with Gasteiger partial charge >= 0.3 is 0 Å². The maximum atomic E-state index is 4.61. The van der Waals surface area contributed by atoms with Crippen LogP contribution in [-0.4, -0.2) is 23.3 Å². The van der Waals surface area contributed by atoms with Crippen molar-refractivity contribution in [1.82, 2.24) is 4.90 Å². The lowest BCUT2D eigenvalue weighted by Gasteiger charge is -2.05. The molecule has 0 unspecified atom stereocenters. The molecule has 0 atom stereocenters. The second-order valence-corrected chi connectivity index (χ2v) is 2.29. The molecule has 0 saturated heterocycles. The zero-order valence-corrected chi connectivity index (χ0v) is 5.51. The minimum Gasteiger partial charge on any atom is -0.364 e. The van der Waals surface area contributed by atoms with E-state index in [0.29, 0.717) is 4.32 Å². The predicted octanol–water partition coefficient (Wildman–Crippen LogP) is 0.763. The van der Waals surface area contributed by atoms with Crippen LogP contribution in [0.3, 0.4) is 0 Å². The molecule has 3 heteroatoms. The van der Waals surface area contributed by atoms with Gasteiger partial charge in [-0.05, 0) is 0 Å². The molecule has 0 aromatic heterocycles. The van der Waals surface area contributed by atoms with E-state index in [1.165, 1.54) is 0 Å². The smallest absolute Gasteiger partial charge is 0.132 e. The van der Waals surface area contributed by atoms with E-state index in [1.807, 2.05) is 14.1 Å². The second kappa shape index (κ2) is 2.42. The van der Waals surface area contributed by atoms with E-state index in [1.54, 1.807) is 4.90 Å². The summed E-state index contributed by atoms with van der Waals surface area (Å²) in [7, 11) is 3.71. The molecule has 0 aliphatic carbocycles. The summed E-state index contributed by atoms with van der Waals surface area (Å²) in [5.74, 6) is 0. The van der Waals surface area contributed by atoms with E-state index in [2.05, 4.69) is 24.8 Å². The lowest BCUT2D eigenvalue weighted by Crippen LogP contribution is -2.12. The number of hydrogen-bond donors (Lipinski definition) is 1. The van der Waals surface area contributed by atoms with Crippen LogP contribution in [0.2, 0.25) is 0 Å². The largest absolute Gasteiger partial charge is 0.364 e. The minimum absolute atomic E-state index is 0.620. The Balaban J connectivity index is 3.26. The van der Waals surface area contributed by atoms with E-state index < -0.39 is 0 Å². The fourth-order valence-corrected chi connectivity index (χ4v) is 0. The van der Waals surface area contributed by atoms with Crippen molar-refractivity contribution >= 4 is 29.2 Å². The van der Waals surface area contributed by atoms with Crippen molar-refractivity contribution in [3.8, 4) is 0 Å². The van der Waals surface area contributed by atoms with Gasteiger partial charge < -0.3 is 4.90 Å². The van der Waals surface area contributed by atoms with E-state index in [9.17, 15) is 0 Å². The fourth-order valence-electron chi connectivity index (χ4n) is 0. The maximum Gasteiger partial charge on any atom is 0.132 e. The summed E-state index contributed by atoms with van der Waals surface area (Å²) in [6.07, 6.45) is 0. The van der Waals surface area contributed by atoms with Crippen molar-refractivity contribution in [2.45, 2.75) is 0 Å². The molecule has 0 radical (unpaired) electrons. The third-order valence-corrected chi connectivity index (χ3v) is 1.15. The molecule has 0 fully saturated rings. The van der Waals surface area contributed by atoms with Crippen LogP contribution in [0.25, 0.3) is 0 Å². The molecular weight excluding hydrogens is 114 g/mol. The zero-order valence-electron chi connectivity index (χ0n) is 3.80. The van der Waals surface area contributed by atoms with Gasteiger partial charge in [-0.25, -0.2) is 0 Å². The second-order valence-electron chi connectivity index (χ2n) is 1.18. The van der Waals surface area contributed by atoms with Gasteiger partial charge in [0.1, 0.15) is 4.32 Å². The Morgan fingerprint density at radius 3 is 1.83 bits per heavy atom. The molecule has 6 heavy (non-hydrogen) atoms. The molecule has 0 N–H and O–H groups in total. The summed E-state index contributed by atoms with van der Waals surface area (Å²) in [6, 6.07) is 0. The van der Waals surface area contributed by atoms with Gasteiger partial charge in [-0.1, -0.05) is 12.2 Å². The highest BCUT2D eigenvalue weighted by molar-refractivity contribution is 8.10. The van der Waals surface area contributed by atoms with E-state index in [0.717, 1.165) is 0 Å². The lowest BCUT2D eigenvalue weighted by atomic mass is 11.0. The van der Waals surface area contributed by atoms with Crippen molar-refractivity contribution in [2.75, 3.05) is 14.1 Å². The molecule has 0 rings (SSSR count). The number of hydrogen-bond acceptors (Lipinski definition) is 1. The lowest BCUT2D eigenvalue weighted by molar-refractivity contribution is 0.648. The topological polar surface area (TPSA) is 3.24 Å². The van der Waals surface area contributed by atoms with Gasteiger partial charge in [-0.15, -0.1) is 12.6 Å². The third-order valence-electron chi connectivity index (χ3n) is 0.383. The Morgan fingerprint density at radius 1 is 1.67 bits per heavy atom. The van der Waals surface area contributed by atoms with Gasteiger partial charge in [-0.3, -0.25) is 0 Å². The normalized spacial score (nSPS) is 7.83. The Morgan fingerprint density at radius 2 is 1.83 bits per heavy atom. The fraction of sp³-hybridized carbons (Fsp3) is 0.667. The Bertz CT molecular complexity index is 59.8. The highest BCUT2D eigenvalue weighted by Gasteiger charge is 1.83. The molecule has 0 saturated carbocycles. The summed E-state index contributed by atoms with van der Waals surface area (Å²) in [4.78, 5) is 1.76. The van der Waals surface area contributed by atoms with Crippen LogP contribution in [0, 0.1) is 0 Å². The van der Waals surface area contributed by atoms with Gasteiger partial charge in [0.2, 0.25) is 0 Å². The third kappa shape index (κ3) is 2.48. The summed E-state index contributed by atoms with van der Waals surface area (Å²) in [6.45, 7) is 0. The molecule has 0 amide bonds. The molecule has 1 nitrogen and oxygen atoms in total. The van der Waals surface area contributed by atoms with Crippen LogP contribution in [0.15, 0.2) is 0 Å². The minimum atomic E-state index is 0.620. The summed E-state index contributed by atoms with van der Waals surface area (Å²) in [5, 5.41) is 0. The average molecular weight is 121 g/mol. The first-order valence-electron chi connectivity index (χ1n) is 1.55. The Labute approximate surface area is 48.7 Å². The van der Waals surface area contributed by atoms with Crippen LogP contribution in [0.4, 0.5) is 0 Å². The standard InChI is InChI=1S/C3H7NS2/c1-4(2)3(5)6/h1-2H3,(H,5,6). The first-order valence-corrected chi connectivity index (χ1v) is 2.40. The van der Waals surface area contributed by atoms with Crippen molar-refractivity contribution in [1.29, 1.82) is 0 Å². The van der Waals surface area contributed by atoms with Crippen molar-refractivity contribution < 1.29 is 0 Å². The Hall–Kier alpha value is 0.240. The van der Waals surface area contributed by atoms with Gasteiger partial charge in [0.15, 0.2) is 0 Å². The Kier molecular flexibility index (Phi) is 2.52. The first-order chi connectivity index (χ1) is 2.64. The molecule has 0 aliphatic rings. The molecular formula is C3H7NS2. The van der Waals surface area contributed by atoms with Crippen molar-refractivity contribution in [2.24, 2.45) is 0 Å². The van der Waals surface area contributed by atoms with E-state index in [4.69, 9.17) is 0 Å². The molecule has 0 aromatic rings. The average Bonchev–Trinajstić information content (AvgIpc) is 1.36. The monoisotopic (exact) mass is 121 g/mol. The molecule has 0 bridgehead atoms. The SMILES string of the molecule is CN(C)C(=S)S.